The summed E-state index contributed by atoms with van der Waals surface area (Å²) in [6.45, 7) is 3.40. The van der Waals surface area contributed by atoms with Crippen molar-refractivity contribution in [2.24, 2.45) is 4.99 Å². The van der Waals surface area contributed by atoms with E-state index in [0.29, 0.717) is 31.0 Å². The minimum Gasteiger partial charge on any atom is -0.367 e. The van der Waals surface area contributed by atoms with E-state index >= 15 is 0 Å². The molecule has 1 aromatic carbocycles. The number of hydrogen-bond donors (Lipinski definition) is 3. The number of carbonyl (C=O) groups excluding carboxylic acids is 1. The Balaban J connectivity index is 2.33. The number of rotatable bonds is 9. The molecule has 0 aliphatic heterocycles. The predicted octanol–water partition coefficient (Wildman–Crippen LogP) is 2.35. The Kier molecular flexibility index (Phi) is 9.63. The van der Waals surface area contributed by atoms with Crippen molar-refractivity contribution >= 4 is 11.9 Å². The molecule has 27 heavy (non-hydrogen) atoms. The molecule has 152 valence electrons. The molecule has 6 nitrogen and oxygen atoms in total. The van der Waals surface area contributed by atoms with Crippen LogP contribution in [0.5, 0.6) is 0 Å². The van der Waals surface area contributed by atoms with Gasteiger partial charge in [-0.25, -0.2) is 0 Å². The lowest BCUT2D eigenvalue weighted by atomic mass is 10.1. The third kappa shape index (κ3) is 11.1. The Morgan fingerprint density at radius 2 is 1.78 bits per heavy atom. The van der Waals surface area contributed by atoms with E-state index in [2.05, 4.69) is 25.7 Å². The number of alkyl halides is 3. The average molecular weight is 388 g/mol. The lowest BCUT2D eigenvalue weighted by Crippen LogP contribution is -2.39. The molecule has 0 bridgehead atoms. The molecule has 0 atom stereocenters. The summed E-state index contributed by atoms with van der Waals surface area (Å²) in [5.74, 6) is 0.529. The number of carbonyl (C=O) groups is 1. The standard InChI is InChI=1S/C18H27F3N4O2/c1-13(2)25-16(26)8-9-23-17(22-3)24-10-14-4-6-15(7-5-14)11-27-12-18(19,20)21/h4-7,13H,8-12H2,1-3H3,(H,25,26)(H2,22,23,24). The number of guanidine groups is 1. The second kappa shape index (κ2) is 11.4. The molecule has 0 heterocycles. The largest absolute Gasteiger partial charge is 0.411 e. The number of aliphatic imine (C=N–C) groups is 1. The molecule has 1 aromatic rings. The van der Waals surface area contributed by atoms with Gasteiger partial charge in [0.2, 0.25) is 5.91 Å². The molecule has 0 fully saturated rings. The summed E-state index contributed by atoms with van der Waals surface area (Å²) in [5.41, 5.74) is 1.61. The average Bonchev–Trinajstić information content (AvgIpc) is 2.57. The fourth-order valence-electron chi connectivity index (χ4n) is 2.13. The molecule has 1 rings (SSSR count). The highest BCUT2D eigenvalue weighted by atomic mass is 19.4. The minimum atomic E-state index is -4.32. The smallest absolute Gasteiger partial charge is 0.367 e. The van der Waals surface area contributed by atoms with Crippen molar-refractivity contribution in [3.8, 4) is 0 Å². The van der Waals surface area contributed by atoms with Gasteiger partial charge >= 0.3 is 6.18 Å². The minimum absolute atomic E-state index is 0.0312. The maximum atomic E-state index is 12.0. The fourth-order valence-corrected chi connectivity index (χ4v) is 2.13. The Hall–Kier alpha value is -2.29. The van der Waals surface area contributed by atoms with Crippen LogP contribution in [0.1, 0.15) is 31.4 Å². The number of nitrogens with one attached hydrogen (secondary N) is 3. The molecular weight excluding hydrogens is 361 g/mol. The summed E-state index contributed by atoms with van der Waals surface area (Å²) >= 11 is 0. The van der Waals surface area contributed by atoms with E-state index in [0.717, 1.165) is 5.56 Å². The van der Waals surface area contributed by atoms with Gasteiger partial charge in [-0.1, -0.05) is 24.3 Å². The highest BCUT2D eigenvalue weighted by molar-refractivity contribution is 5.81. The molecule has 9 heteroatoms. The van der Waals surface area contributed by atoms with Crippen molar-refractivity contribution in [1.82, 2.24) is 16.0 Å². The van der Waals surface area contributed by atoms with Crippen molar-refractivity contribution in [2.75, 3.05) is 20.2 Å². The van der Waals surface area contributed by atoms with Crippen LogP contribution < -0.4 is 16.0 Å². The lowest BCUT2D eigenvalue weighted by Gasteiger charge is -2.13. The van der Waals surface area contributed by atoms with Gasteiger partial charge < -0.3 is 20.7 Å². The van der Waals surface area contributed by atoms with E-state index in [1.165, 1.54) is 0 Å². The van der Waals surface area contributed by atoms with Gasteiger partial charge in [-0.3, -0.25) is 9.79 Å². The van der Waals surface area contributed by atoms with E-state index in [1.807, 2.05) is 26.0 Å². The molecule has 0 spiro atoms. The Morgan fingerprint density at radius 3 is 2.33 bits per heavy atom. The molecular formula is C18H27F3N4O2. The first-order valence-corrected chi connectivity index (χ1v) is 8.66. The highest BCUT2D eigenvalue weighted by Gasteiger charge is 2.27. The Labute approximate surface area is 157 Å². The van der Waals surface area contributed by atoms with Gasteiger partial charge in [0.05, 0.1) is 6.61 Å². The van der Waals surface area contributed by atoms with Crippen molar-refractivity contribution in [1.29, 1.82) is 0 Å². The van der Waals surface area contributed by atoms with Crippen LogP contribution in [0.2, 0.25) is 0 Å². The zero-order chi connectivity index (χ0) is 20.3. The first kappa shape index (κ1) is 22.8. The van der Waals surface area contributed by atoms with Crippen LogP contribution in [0.25, 0.3) is 0 Å². The second-order valence-electron chi connectivity index (χ2n) is 6.25. The monoisotopic (exact) mass is 388 g/mol. The summed E-state index contributed by atoms with van der Waals surface area (Å²) in [5, 5.41) is 8.97. The normalized spacial score (nSPS) is 12.2. The summed E-state index contributed by atoms with van der Waals surface area (Å²) < 4.78 is 40.8. The maximum absolute atomic E-state index is 12.0. The molecule has 0 saturated carbocycles. The van der Waals surface area contributed by atoms with E-state index in [-0.39, 0.29) is 18.6 Å². The van der Waals surface area contributed by atoms with E-state index < -0.39 is 12.8 Å². The molecule has 0 aliphatic rings. The number of nitrogens with zero attached hydrogens (tertiary/aromatic N) is 1. The van der Waals surface area contributed by atoms with Crippen LogP contribution in [-0.4, -0.2) is 44.3 Å². The predicted molar refractivity (Wildman–Crippen MR) is 98.3 cm³/mol. The number of ether oxygens (including phenoxy) is 1. The maximum Gasteiger partial charge on any atom is 0.411 e. The second-order valence-corrected chi connectivity index (χ2v) is 6.25. The van der Waals surface area contributed by atoms with Gasteiger partial charge in [-0.2, -0.15) is 13.2 Å². The first-order chi connectivity index (χ1) is 12.7. The van der Waals surface area contributed by atoms with Crippen LogP contribution in [-0.2, 0) is 22.7 Å². The lowest BCUT2D eigenvalue weighted by molar-refractivity contribution is -0.176. The molecule has 0 radical (unpaired) electrons. The first-order valence-electron chi connectivity index (χ1n) is 8.66. The zero-order valence-electron chi connectivity index (χ0n) is 15.8. The number of amides is 1. The zero-order valence-corrected chi connectivity index (χ0v) is 15.8. The number of hydrogen-bond acceptors (Lipinski definition) is 3. The van der Waals surface area contributed by atoms with Gasteiger partial charge in [0.25, 0.3) is 0 Å². The molecule has 0 unspecified atom stereocenters. The van der Waals surface area contributed by atoms with Crippen molar-refractivity contribution in [3.63, 3.8) is 0 Å². The molecule has 3 N–H and O–H groups in total. The molecule has 1 amide bonds. The molecule has 0 aromatic heterocycles. The van der Waals surface area contributed by atoms with Crippen molar-refractivity contribution in [3.05, 3.63) is 35.4 Å². The Bertz CT molecular complexity index is 602. The number of benzene rings is 1. The highest BCUT2D eigenvalue weighted by Crippen LogP contribution is 2.15. The quantitative estimate of drug-likeness (QED) is 0.448. The SMILES string of the molecule is CN=C(NCCC(=O)NC(C)C)NCc1ccc(COCC(F)(F)F)cc1. The van der Waals surface area contributed by atoms with E-state index in [1.54, 1.807) is 19.2 Å². The number of halogens is 3. The van der Waals surface area contributed by atoms with Crippen molar-refractivity contribution in [2.45, 2.75) is 45.6 Å². The third-order valence-electron chi connectivity index (χ3n) is 3.34. The topological polar surface area (TPSA) is 74.8 Å². The van der Waals surface area contributed by atoms with Crippen LogP contribution in [0, 0.1) is 0 Å². The fraction of sp³-hybridized carbons (Fsp3) is 0.556. The summed E-state index contributed by atoms with van der Waals surface area (Å²) in [6, 6.07) is 7.17. The van der Waals surface area contributed by atoms with Crippen LogP contribution in [0.15, 0.2) is 29.3 Å². The summed E-state index contributed by atoms with van der Waals surface area (Å²) in [7, 11) is 1.63. The van der Waals surface area contributed by atoms with Gasteiger partial charge in [-0.05, 0) is 25.0 Å². The summed E-state index contributed by atoms with van der Waals surface area (Å²) in [4.78, 5) is 15.7. The van der Waals surface area contributed by atoms with Gasteiger partial charge in [0.1, 0.15) is 6.61 Å². The molecule has 0 saturated heterocycles. The van der Waals surface area contributed by atoms with Gasteiger partial charge in [-0.15, -0.1) is 0 Å². The van der Waals surface area contributed by atoms with Crippen LogP contribution in [0.4, 0.5) is 13.2 Å². The van der Waals surface area contributed by atoms with Crippen LogP contribution in [0.3, 0.4) is 0 Å². The van der Waals surface area contributed by atoms with E-state index in [9.17, 15) is 18.0 Å². The van der Waals surface area contributed by atoms with Crippen LogP contribution >= 0.6 is 0 Å². The third-order valence-corrected chi connectivity index (χ3v) is 3.34. The summed E-state index contributed by atoms with van der Waals surface area (Å²) in [6.07, 6.45) is -3.98. The van der Waals surface area contributed by atoms with Gasteiger partial charge in [0, 0.05) is 32.6 Å². The van der Waals surface area contributed by atoms with E-state index in [4.69, 9.17) is 0 Å². The van der Waals surface area contributed by atoms with Gasteiger partial charge in [0.15, 0.2) is 5.96 Å². The molecule has 0 aliphatic carbocycles. The van der Waals surface area contributed by atoms with Crippen molar-refractivity contribution < 1.29 is 22.7 Å². The Morgan fingerprint density at radius 1 is 1.15 bits per heavy atom.